The Morgan fingerprint density at radius 1 is 0.529 bits per heavy atom. The molecule has 0 aromatic heterocycles. The number of benzene rings is 6. The van der Waals surface area contributed by atoms with Crippen LogP contribution in [-0.4, -0.2) is 5.84 Å². The molecular weight excluding hydrogens is 619 g/mol. The van der Waals surface area contributed by atoms with Crippen LogP contribution in [0.15, 0.2) is 145 Å². The summed E-state index contributed by atoms with van der Waals surface area (Å²) in [6.45, 7) is 4.84. The second kappa shape index (κ2) is 11.6. The summed E-state index contributed by atoms with van der Waals surface area (Å²) in [5.74, 6) is 0.905. The van der Waals surface area contributed by atoms with Gasteiger partial charge < -0.3 is 5.32 Å². The highest BCUT2D eigenvalue weighted by molar-refractivity contribution is 5.99. The van der Waals surface area contributed by atoms with E-state index in [1.807, 2.05) is 0 Å². The first-order valence-corrected chi connectivity index (χ1v) is 18.8. The maximum atomic E-state index is 5.10. The number of hydrogen-bond acceptors (Lipinski definition) is 3. The second-order valence-electron chi connectivity index (χ2n) is 15.5. The summed E-state index contributed by atoms with van der Waals surface area (Å²) in [5.41, 5.74) is 17.8. The van der Waals surface area contributed by atoms with Crippen molar-refractivity contribution in [2.24, 2.45) is 4.99 Å². The van der Waals surface area contributed by atoms with Gasteiger partial charge in [0.25, 0.3) is 0 Å². The van der Waals surface area contributed by atoms with E-state index in [1.165, 1.54) is 82.2 Å². The van der Waals surface area contributed by atoms with E-state index < -0.39 is 0 Å². The van der Waals surface area contributed by atoms with Crippen LogP contribution >= 0.6 is 0 Å². The van der Waals surface area contributed by atoms with Crippen LogP contribution in [0.1, 0.15) is 97.2 Å². The molecule has 3 nitrogen and oxygen atoms in total. The van der Waals surface area contributed by atoms with E-state index >= 15 is 0 Å². The normalized spacial score (nSPS) is 20.5. The molecule has 10 rings (SSSR count). The summed E-state index contributed by atoms with van der Waals surface area (Å²) < 4.78 is 0. The lowest BCUT2D eigenvalue weighted by molar-refractivity contribution is 0.353. The van der Waals surface area contributed by atoms with Crippen LogP contribution in [0.4, 0.5) is 0 Å². The van der Waals surface area contributed by atoms with Crippen LogP contribution in [0.2, 0.25) is 0 Å². The molecule has 0 amide bonds. The van der Waals surface area contributed by atoms with Crippen LogP contribution in [-0.2, 0) is 10.8 Å². The van der Waals surface area contributed by atoms with Crippen molar-refractivity contribution in [3.63, 3.8) is 0 Å². The van der Waals surface area contributed by atoms with Crippen molar-refractivity contribution >= 4 is 5.84 Å². The molecule has 2 atom stereocenters. The molecule has 2 unspecified atom stereocenters. The highest BCUT2D eigenvalue weighted by atomic mass is 15.3. The average Bonchev–Trinajstić information content (AvgIpc) is 3.59. The first kappa shape index (κ1) is 30.6. The summed E-state index contributed by atoms with van der Waals surface area (Å²) in [7, 11) is 0. The highest BCUT2D eigenvalue weighted by Gasteiger charge is 2.46. The van der Waals surface area contributed by atoms with Crippen LogP contribution in [0.25, 0.3) is 33.4 Å². The molecule has 1 aliphatic heterocycles. The maximum Gasteiger partial charge on any atom is 0.131 e. The quantitative estimate of drug-likeness (QED) is 0.197. The highest BCUT2D eigenvalue weighted by Crippen LogP contribution is 2.60. The molecule has 2 N–H and O–H groups in total. The van der Waals surface area contributed by atoms with Crippen molar-refractivity contribution in [1.82, 2.24) is 10.6 Å². The molecule has 0 bridgehead atoms. The van der Waals surface area contributed by atoms with Gasteiger partial charge in [0.05, 0.1) is 0 Å². The minimum absolute atomic E-state index is 0.0809. The molecule has 6 aromatic carbocycles. The fourth-order valence-corrected chi connectivity index (χ4v) is 9.80. The second-order valence-corrected chi connectivity index (χ2v) is 15.5. The molecule has 1 heterocycles. The zero-order valence-electron chi connectivity index (χ0n) is 29.4. The fraction of sp³-hybridized carbons (Fsp3) is 0.229. The maximum absolute atomic E-state index is 5.10. The van der Waals surface area contributed by atoms with Crippen molar-refractivity contribution in [2.75, 3.05) is 0 Å². The molecule has 6 aromatic rings. The van der Waals surface area contributed by atoms with Gasteiger partial charge in [-0.05, 0) is 91.7 Å². The third kappa shape index (κ3) is 4.71. The van der Waals surface area contributed by atoms with E-state index in [9.17, 15) is 0 Å². The van der Waals surface area contributed by atoms with Crippen LogP contribution in [0.3, 0.4) is 0 Å². The molecule has 0 radical (unpaired) electrons. The fourth-order valence-electron chi connectivity index (χ4n) is 9.80. The lowest BCUT2D eigenvalue weighted by Crippen LogP contribution is -2.44. The van der Waals surface area contributed by atoms with Crippen molar-refractivity contribution in [3.05, 3.63) is 178 Å². The van der Waals surface area contributed by atoms with Crippen LogP contribution < -0.4 is 10.6 Å². The van der Waals surface area contributed by atoms with Gasteiger partial charge in [0.15, 0.2) is 0 Å². The van der Waals surface area contributed by atoms with Crippen molar-refractivity contribution in [2.45, 2.75) is 69.1 Å². The number of fused-ring (bicyclic) bond motifs is 8. The third-order valence-electron chi connectivity index (χ3n) is 12.4. The van der Waals surface area contributed by atoms with E-state index in [4.69, 9.17) is 4.99 Å². The molecule has 51 heavy (non-hydrogen) atoms. The summed E-state index contributed by atoms with van der Waals surface area (Å²) in [5, 5.41) is 7.48. The van der Waals surface area contributed by atoms with Gasteiger partial charge in [-0.15, -0.1) is 0 Å². The number of aliphatic imine (C=N–C) groups is 1. The van der Waals surface area contributed by atoms with Gasteiger partial charge in [-0.2, -0.15) is 0 Å². The zero-order valence-corrected chi connectivity index (χ0v) is 29.4. The summed E-state index contributed by atoms with van der Waals surface area (Å²) in [6, 6.07) is 51.6. The largest absolute Gasteiger partial charge is 0.350 e. The molecule has 1 saturated carbocycles. The van der Waals surface area contributed by atoms with E-state index in [1.54, 1.807) is 11.1 Å². The third-order valence-corrected chi connectivity index (χ3v) is 12.4. The van der Waals surface area contributed by atoms with Gasteiger partial charge in [-0.3, -0.25) is 5.32 Å². The summed E-state index contributed by atoms with van der Waals surface area (Å²) in [6.07, 6.45) is 6.22. The minimum Gasteiger partial charge on any atom is -0.350 e. The Labute approximate surface area is 301 Å². The Kier molecular flexibility index (Phi) is 6.98. The molecule has 1 fully saturated rings. The summed E-state index contributed by atoms with van der Waals surface area (Å²) >= 11 is 0. The smallest absolute Gasteiger partial charge is 0.131 e. The van der Waals surface area contributed by atoms with Gasteiger partial charge in [0, 0.05) is 16.4 Å². The Bertz CT molecular complexity index is 2310. The SMILES string of the molecule is CC1(C)c2cc3c(cc2-c2c(-c4ccc(C5NC(c6ccccc6)=NC(c6ccccc6)N5)cc4)cccc21)C1(CCCCC1)c1ccccc1-3. The van der Waals surface area contributed by atoms with E-state index in [2.05, 4.69) is 164 Å². The van der Waals surface area contributed by atoms with Crippen molar-refractivity contribution in [1.29, 1.82) is 0 Å². The van der Waals surface area contributed by atoms with Crippen LogP contribution in [0.5, 0.6) is 0 Å². The molecule has 3 heteroatoms. The first-order chi connectivity index (χ1) is 25.0. The van der Waals surface area contributed by atoms with Crippen molar-refractivity contribution < 1.29 is 0 Å². The topological polar surface area (TPSA) is 36.4 Å². The Morgan fingerprint density at radius 2 is 1.20 bits per heavy atom. The van der Waals surface area contributed by atoms with E-state index in [0.717, 1.165) is 17.0 Å². The molecule has 250 valence electrons. The Hall–Kier alpha value is -5.25. The lowest BCUT2D eigenvalue weighted by atomic mass is 9.67. The van der Waals surface area contributed by atoms with Gasteiger partial charge in [0.1, 0.15) is 18.2 Å². The number of nitrogens with one attached hydrogen (secondary N) is 2. The number of nitrogens with zero attached hydrogens (tertiary/aromatic N) is 1. The predicted octanol–water partition coefficient (Wildman–Crippen LogP) is 11.2. The first-order valence-electron chi connectivity index (χ1n) is 18.8. The van der Waals surface area contributed by atoms with Gasteiger partial charge >= 0.3 is 0 Å². The number of hydrogen-bond donors (Lipinski definition) is 2. The van der Waals surface area contributed by atoms with Gasteiger partial charge in [-0.1, -0.05) is 161 Å². The molecule has 3 aliphatic carbocycles. The van der Waals surface area contributed by atoms with Gasteiger partial charge in [-0.25, -0.2) is 4.99 Å². The Morgan fingerprint density at radius 3 is 1.98 bits per heavy atom. The van der Waals surface area contributed by atoms with E-state index in [-0.39, 0.29) is 23.2 Å². The summed E-state index contributed by atoms with van der Waals surface area (Å²) in [4.78, 5) is 5.10. The molecule has 4 aliphatic rings. The Balaban J connectivity index is 1.04. The zero-order chi connectivity index (χ0) is 34.2. The van der Waals surface area contributed by atoms with Crippen molar-refractivity contribution in [3.8, 4) is 33.4 Å². The molecule has 1 spiro atoms. The average molecular weight is 662 g/mol. The standard InChI is InChI=1S/C48H43N3/c1-47(2)40-22-14-20-35(43(40)38-30-42-37(29-41(38)47)36-19-10-11-21-39(36)48(42)27-12-5-13-28-48)31-23-25-34(26-24-31)46-50-44(32-15-6-3-7-16-32)49-45(51-46)33-17-8-4-9-18-33/h3-4,6-11,14-26,29-30,44,46,50H,5,12-13,27-28H2,1-2H3,(H,49,51). The van der Waals surface area contributed by atoms with Gasteiger partial charge in [0.2, 0.25) is 0 Å². The lowest BCUT2D eigenvalue weighted by Gasteiger charge is -2.36. The van der Waals surface area contributed by atoms with E-state index in [0.29, 0.717) is 0 Å². The molecular formula is C48H43N3. The predicted molar refractivity (Wildman–Crippen MR) is 210 cm³/mol. The number of rotatable bonds is 4. The minimum atomic E-state index is -0.149. The number of amidine groups is 1. The monoisotopic (exact) mass is 661 g/mol. The van der Waals surface area contributed by atoms with Crippen LogP contribution in [0, 0.1) is 0 Å². The molecule has 0 saturated heterocycles.